The molecule has 5 aromatic rings. The van der Waals surface area contributed by atoms with E-state index in [0.29, 0.717) is 44.2 Å². The summed E-state index contributed by atoms with van der Waals surface area (Å²) in [5.74, 6) is -6.77. The third-order valence-electron chi connectivity index (χ3n) is 12.7. The molecular weight excluding hydrogens is 813 g/mol. The maximum atomic E-state index is 15.4. The Morgan fingerprint density at radius 2 is 1.47 bits per heavy atom. The third kappa shape index (κ3) is 6.44. The number of aromatic hydroxyl groups is 1. The van der Waals surface area contributed by atoms with E-state index in [9.17, 15) is 28.7 Å². The number of amides is 4. The minimum Gasteiger partial charge on any atom is -0.502 e. The van der Waals surface area contributed by atoms with Crippen LogP contribution in [0.15, 0.2) is 133 Å². The predicted molar refractivity (Wildman–Crippen MR) is 229 cm³/mol. The average molecular weight is 852 g/mol. The van der Waals surface area contributed by atoms with Crippen LogP contribution in [0.5, 0.6) is 17.2 Å². The van der Waals surface area contributed by atoms with Gasteiger partial charge in [-0.2, -0.15) is 5.01 Å². The van der Waals surface area contributed by atoms with Gasteiger partial charge in [-0.05, 0) is 103 Å². The van der Waals surface area contributed by atoms with Gasteiger partial charge in [-0.1, -0.05) is 77.9 Å². The SMILES string of the molecule is COc1cc(C=C[C@H]2C3=CC[C@@H]4C(=O)N(c5ccc(C(=O)c6ccccc6)cc5)C(=O)[C@@H]4[C@@H]3C[C@H]3C(=O)N(Nc4ccc(F)cc4)C(=O)[C@@]23c2ccc(Cl)cc2)cc(OC)c1O. The van der Waals surface area contributed by atoms with Crippen LogP contribution in [0.25, 0.3) is 6.08 Å². The van der Waals surface area contributed by atoms with E-state index in [4.69, 9.17) is 21.1 Å². The molecule has 4 amide bonds. The van der Waals surface area contributed by atoms with Crippen LogP contribution in [-0.2, 0) is 24.6 Å². The van der Waals surface area contributed by atoms with Gasteiger partial charge in [0.1, 0.15) is 5.82 Å². The summed E-state index contributed by atoms with van der Waals surface area (Å²) in [5.41, 5.74) is 4.63. The van der Waals surface area contributed by atoms with Crippen molar-refractivity contribution in [1.29, 1.82) is 0 Å². The largest absolute Gasteiger partial charge is 0.502 e. The van der Waals surface area contributed by atoms with Crippen molar-refractivity contribution in [2.45, 2.75) is 18.3 Å². The summed E-state index contributed by atoms with van der Waals surface area (Å²) in [5, 5.41) is 12.1. The second-order valence-corrected chi connectivity index (χ2v) is 16.2. The van der Waals surface area contributed by atoms with E-state index in [1.165, 1.54) is 43.4 Å². The lowest BCUT2D eigenvalue weighted by Gasteiger charge is -2.49. The summed E-state index contributed by atoms with van der Waals surface area (Å²) in [6.07, 6.45) is 5.73. The first-order valence-corrected chi connectivity index (χ1v) is 20.4. The fourth-order valence-electron chi connectivity index (χ4n) is 9.89. The predicted octanol–water partition coefficient (Wildman–Crippen LogP) is 8.17. The quantitative estimate of drug-likeness (QED) is 0.0809. The number of ketones is 1. The van der Waals surface area contributed by atoms with E-state index >= 15 is 4.79 Å². The molecule has 9 rings (SSSR count). The number of hydrazine groups is 1. The number of phenols is 1. The van der Waals surface area contributed by atoms with Gasteiger partial charge in [-0.3, -0.25) is 34.3 Å². The number of halogens is 2. The van der Waals surface area contributed by atoms with Crippen molar-refractivity contribution >= 4 is 58.5 Å². The molecule has 4 aliphatic rings. The molecule has 0 bridgehead atoms. The topological polar surface area (TPSA) is 143 Å². The van der Waals surface area contributed by atoms with E-state index in [1.54, 1.807) is 91.0 Å². The maximum absolute atomic E-state index is 15.4. The van der Waals surface area contributed by atoms with E-state index in [0.717, 1.165) is 5.01 Å². The lowest BCUT2D eigenvalue weighted by Crippen LogP contribution is -2.54. The van der Waals surface area contributed by atoms with Gasteiger partial charge in [-0.25, -0.2) is 4.39 Å². The number of carbonyl (C=O) groups excluding carboxylic acids is 5. The molecule has 62 heavy (non-hydrogen) atoms. The van der Waals surface area contributed by atoms with Gasteiger partial charge in [0.15, 0.2) is 17.3 Å². The van der Waals surface area contributed by atoms with Crippen LogP contribution in [0.4, 0.5) is 15.8 Å². The molecule has 1 saturated carbocycles. The Morgan fingerprint density at radius 3 is 2.11 bits per heavy atom. The number of fused-ring (bicyclic) bond motifs is 4. The average Bonchev–Trinajstić information content (AvgIpc) is 3.67. The van der Waals surface area contributed by atoms with Gasteiger partial charge < -0.3 is 14.6 Å². The van der Waals surface area contributed by atoms with Crippen LogP contribution in [-0.4, -0.2) is 53.7 Å². The number of methoxy groups -OCH3 is 2. The second-order valence-electron chi connectivity index (χ2n) is 15.8. The molecule has 5 aromatic carbocycles. The smallest absolute Gasteiger partial charge is 0.260 e. The molecule has 0 unspecified atom stereocenters. The van der Waals surface area contributed by atoms with Gasteiger partial charge in [-0.15, -0.1) is 0 Å². The minimum absolute atomic E-state index is 0.0460. The van der Waals surface area contributed by atoms with Gasteiger partial charge in [0.2, 0.25) is 17.6 Å². The first-order chi connectivity index (χ1) is 30.0. The molecule has 2 aliphatic heterocycles. The lowest BCUT2D eigenvalue weighted by atomic mass is 9.50. The molecule has 0 spiro atoms. The van der Waals surface area contributed by atoms with Crippen molar-refractivity contribution in [2.75, 3.05) is 24.5 Å². The minimum atomic E-state index is -1.59. The van der Waals surface area contributed by atoms with E-state index < -0.39 is 64.5 Å². The number of anilines is 2. The van der Waals surface area contributed by atoms with Crippen molar-refractivity contribution in [3.63, 3.8) is 0 Å². The molecule has 0 radical (unpaired) electrons. The molecule has 2 N–H and O–H groups in total. The Kier molecular flexibility index (Phi) is 10.3. The Bertz CT molecular complexity index is 2680. The van der Waals surface area contributed by atoms with E-state index in [-0.39, 0.29) is 35.9 Å². The Morgan fingerprint density at radius 1 is 0.823 bits per heavy atom. The van der Waals surface area contributed by atoms with Crippen molar-refractivity contribution in [3.05, 3.63) is 166 Å². The van der Waals surface area contributed by atoms with Crippen LogP contribution < -0.4 is 19.8 Å². The van der Waals surface area contributed by atoms with Crippen LogP contribution in [0, 0.1) is 35.4 Å². The number of nitrogens with one attached hydrogen (secondary N) is 1. The summed E-state index contributed by atoms with van der Waals surface area (Å²) >= 11 is 6.40. The summed E-state index contributed by atoms with van der Waals surface area (Å²) < 4.78 is 24.8. The highest BCUT2D eigenvalue weighted by atomic mass is 35.5. The standard InChI is InChI=1S/C49H39ClFN3O8/c1-61-40-24-27(25-41(62-2)44(40)56)8-23-38-35-21-22-36-42(47(59)53(45(36)57)34-19-9-29(10-20-34)43(55)28-6-4-3-5-7-28)37(35)26-39-46(58)54(52-33-17-15-32(51)16-18-33)48(60)49(38,39)30-11-13-31(50)14-12-30/h3-21,23-25,36-39,42,52,56H,22,26H2,1-2H3/t36-,37+,38-,39-,42-,49-/m0/s1. The van der Waals surface area contributed by atoms with Crippen molar-refractivity contribution in [1.82, 2.24) is 5.01 Å². The van der Waals surface area contributed by atoms with E-state index in [2.05, 4.69) is 5.43 Å². The zero-order valence-corrected chi connectivity index (χ0v) is 34.2. The molecule has 312 valence electrons. The normalized spacial score (nSPS) is 24.1. The monoisotopic (exact) mass is 851 g/mol. The number of rotatable bonds is 10. The van der Waals surface area contributed by atoms with Crippen molar-refractivity contribution < 1.29 is 42.9 Å². The lowest BCUT2D eigenvalue weighted by molar-refractivity contribution is -0.139. The van der Waals surface area contributed by atoms with Crippen molar-refractivity contribution in [3.8, 4) is 17.2 Å². The molecule has 11 nitrogen and oxygen atoms in total. The zero-order valence-electron chi connectivity index (χ0n) is 33.5. The highest BCUT2D eigenvalue weighted by Gasteiger charge is 2.69. The summed E-state index contributed by atoms with van der Waals surface area (Å²) in [6, 6.07) is 30.4. The van der Waals surface area contributed by atoms with E-state index in [1.807, 2.05) is 18.2 Å². The summed E-state index contributed by atoms with van der Waals surface area (Å²) in [6.45, 7) is 0. The molecule has 2 heterocycles. The number of hydrogen-bond donors (Lipinski definition) is 2. The summed E-state index contributed by atoms with van der Waals surface area (Å²) in [4.78, 5) is 73.8. The molecule has 3 fully saturated rings. The highest BCUT2D eigenvalue weighted by molar-refractivity contribution is 6.30. The number of carbonyl (C=O) groups is 5. The van der Waals surface area contributed by atoms with Crippen LogP contribution in [0.2, 0.25) is 5.02 Å². The zero-order chi connectivity index (χ0) is 43.4. The molecule has 13 heteroatoms. The highest BCUT2D eigenvalue weighted by Crippen LogP contribution is 2.62. The number of benzene rings is 5. The molecular formula is C49H39ClFN3O8. The molecule has 2 aliphatic carbocycles. The Balaban J connectivity index is 1.16. The van der Waals surface area contributed by atoms with Crippen LogP contribution >= 0.6 is 11.6 Å². The summed E-state index contributed by atoms with van der Waals surface area (Å²) in [7, 11) is 2.81. The molecule has 0 aromatic heterocycles. The Hall–Kier alpha value is -7.05. The van der Waals surface area contributed by atoms with Gasteiger partial charge >= 0.3 is 0 Å². The number of allylic oxidation sites excluding steroid dienone is 3. The van der Waals surface area contributed by atoms with Gasteiger partial charge in [0.25, 0.3) is 11.8 Å². The van der Waals surface area contributed by atoms with Gasteiger partial charge in [0, 0.05) is 22.1 Å². The number of phenolic OH excluding ortho intramolecular Hbond substituents is 1. The van der Waals surface area contributed by atoms with Crippen LogP contribution in [0.1, 0.15) is 39.9 Å². The number of hydrogen-bond acceptors (Lipinski definition) is 9. The number of imide groups is 2. The van der Waals surface area contributed by atoms with Gasteiger partial charge in [0.05, 0.1) is 48.8 Å². The third-order valence-corrected chi connectivity index (χ3v) is 13.0. The fraction of sp³-hybridized carbons (Fsp3) is 0.204. The van der Waals surface area contributed by atoms with Crippen molar-refractivity contribution in [2.24, 2.45) is 29.6 Å². The second kappa shape index (κ2) is 15.8. The maximum Gasteiger partial charge on any atom is 0.260 e. The first kappa shape index (κ1) is 40.4. The molecule has 2 saturated heterocycles. The first-order valence-electron chi connectivity index (χ1n) is 20.0. The number of nitrogens with zero attached hydrogens (tertiary/aromatic N) is 2. The van der Waals surface area contributed by atoms with Crippen LogP contribution in [0.3, 0.4) is 0 Å². The fourth-order valence-corrected chi connectivity index (χ4v) is 10.0. The number of ether oxygens (including phenoxy) is 2. The molecule has 6 atom stereocenters. The Labute approximate surface area is 361 Å².